The number of hydrogen-bond donors (Lipinski definition) is 0. The Morgan fingerprint density at radius 3 is 2.42 bits per heavy atom. The van der Waals surface area contributed by atoms with Crippen molar-refractivity contribution in [3.05, 3.63) is 0 Å². The molecule has 0 spiro atoms. The summed E-state index contributed by atoms with van der Waals surface area (Å²) < 4.78 is 10.4. The molecule has 0 aliphatic carbocycles. The van der Waals surface area contributed by atoms with Crippen LogP contribution in [0.5, 0.6) is 0 Å². The third-order valence-corrected chi connectivity index (χ3v) is 1.74. The second-order valence-electron chi connectivity index (χ2n) is 3.24. The van der Waals surface area contributed by atoms with E-state index in [0.29, 0.717) is 13.0 Å². The second-order valence-corrected chi connectivity index (χ2v) is 3.24. The van der Waals surface area contributed by atoms with Crippen molar-refractivity contribution in [2.75, 3.05) is 13.7 Å². The zero-order chi connectivity index (χ0) is 9.61. The van der Waals surface area contributed by atoms with Crippen molar-refractivity contribution >= 4 is 0 Å². The molecule has 0 aromatic rings. The lowest BCUT2D eigenvalue weighted by atomic mass is 10.0. The Morgan fingerprint density at radius 1 is 1.50 bits per heavy atom. The van der Waals surface area contributed by atoms with Crippen molar-refractivity contribution in [2.24, 2.45) is 0 Å². The predicted octanol–water partition coefficient (Wildman–Crippen LogP) is 1.73. The molecule has 0 N–H and O–H groups in total. The van der Waals surface area contributed by atoms with Gasteiger partial charge in [0.05, 0.1) is 11.7 Å². The van der Waals surface area contributed by atoms with E-state index in [1.165, 1.54) is 0 Å². The van der Waals surface area contributed by atoms with Gasteiger partial charge in [-0.05, 0) is 20.8 Å². The van der Waals surface area contributed by atoms with Crippen LogP contribution in [0.4, 0.5) is 0 Å². The number of ether oxygens (including phenoxy) is 2. The Balaban J connectivity index is 3.94. The molecule has 0 saturated heterocycles. The van der Waals surface area contributed by atoms with Gasteiger partial charge in [-0.15, -0.1) is 0 Å². The molecule has 3 nitrogen and oxygen atoms in total. The summed E-state index contributed by atoms with van der Waals surface area (Å²) in [6.07, 6.45) is 0.248. The van der Waals surface area contributed by atoms with Crippen LogP contribution in [0, 0.1) is 11.3 Å². The van der Waals surface area contributed by atoms with Crippen LogP contribution in [0.15, 0.2) is 0 Å². The Bertz CT molecular complexity index is 160. The molecular weight excluding hydrogens is 154 g/mol. The van der Waals surface area contributed by atoms with Gasteiger partial charge >= 0.3 is 0 Å². The summed E-state index contributed by atoms with van der Waals surface area (Å²) in [7, 11) is 1.64. The number of rotatable bonds is 5. The van der Waals surface area contributed by atoms with Crippen molar-refractivity contribution in [1.29, 1.82) is 5.26 Å². The average Bonchev–Trinajstić information content (AvgIpc) is 2.03. The molecule has 1 atom stereocenters. The minimum Gasteiger partial charge on any atom is -0.379 e. The molecule has 0 rings (SSSR count). The van der Waals surface area contributed by atoms with Gasteiger partial charge in [-0.1, -0.05) is 0 Å². The minimum atomic E-state index is -0.357. The van der Waals surface area contributed by atoms with Crippen molar-refractivity contribution in [1.82, 2.24) is 0 Å². The van der Waals surface area contributed by atoms with Gasteiger partial charge in [0.2, 0.25) is 0 Å². The Hall–Kier alpha value is -0.590. The van der Waals surface area contributed by atoms with E-state index in [9.17, 15) is 0 Å². The van der Waals surface area contributed by atoms with E-state index in [1.807, 2.05) is 20.8 Å². The van der Waals surface area contributed by atoms with E-state index in [0.717, 1.165) is 0 Å². The highest BCUT2D eigenvalue weighted by atomic mass is 16.5. The third kappa shape index (κ3) is 4.32. The van der Waals surface area contributed by atoms with Crippen LogP contribution >= 0.6 is 0 Å². The molecule has 3 heteroatoms. The average molecular weight is 171 g/mol. The lowest BCUT2D eigenvalue weighted by molar-refractivity contribution is -0.0251. The summed E-state index contributed by atoms with van der Waals surface area (Å²) >= 11 is 0. The maximum atomic E-state index is 8.69. The fraction of sp³-hybridized carbons (Fsp3) is 0.889. The number of nitriles is 1. The monoisotopic (exact) mass is 171 g/mol. The maximum absolute atomic E-state index is 8.69. The number of hydrogen-bond acceptors (Lipinski definition) is 3. The molecule has 0 bridgehead atoms. The SMILES string of the molecule is CCOC(C#N)CC(C)(C)OC. The van der Waals surface area contributed by atoms with Gasteiger partial charge < -0.3 is 9.47 Å². The summed E-state index contributed by atoms with van der Waals surface area (Å²) in [5, 5.41) is 8.69. The lowest BCUT2D eigenvalue weighted by Crippen LogP contribution is -2.29. The van der Waals surface area contributed by atoms with E-state index >= 15 is 0 Å². The molecule has 0 aliphatic rings. The van der Waals surface area contributed by atoms with E-state index in [1.54, 1.807) is 7.11 Å². The van der Waals surface area contributed by atoms with Crippen molar-refractivity contribution < 1.29 is 9.47 Å². The summed E-state index contributed by atoms with van der Waals surface area (Å²) in [5.74, 6) is 0. The Morgan fingerprint density at radius 2 is 2.08 bits per heavy atom. The second kappa shape index (κ2) is 5.13. The minimum absolute atomic E-state index is 0.282. The molecule has 0 saturated carbocycles. The van der Waals surface area contributed by atoms with Crippen molar-refractivity contribution in [3.63, 3.8) is 0 Å². The smallest absolute Gasteiger partial charge is 0.146 e. The van der Waals surface area contributed by atoms with Crippen LogP contribution in [-0.2, 0) is 9.47 Å². The van der Waals surface area contributed by atoms with E-state index in [-0.39, 0.29) is 11.7 Å². The highest BCUT2D eigenvalue weighted by molar-refractivity contribution is 4.89. The van der Waals surface area contributed by atoms with E-state index in [4.69, 9.17) is 14.7 Å². The molecule has 0 fully saturated rings. The molecule has 0 amide bonds. The Kier molecular flexibility index (Phi) is 4.87. The van der Waals surface area contributed by atoms with Crippen LogP contribution in [0.2, 0.25) is 0 Å². The maximum Gasteiger partial charge on any atom is 0.146 e. The Labute approximate surface area is 74.3 Å². The topological polar surface area (TPSA) is 42.2 Å². The summed E-state index contributed by atoms with van der Waals surface area (Å²) in [4.78, 5) is 0. The highest BCUT2D eigenvalue weighted by Crippen LogP contribution is 2.16. The summed E-state index contributed by atoms with van der Waals surface area (Å²) in [6, 6.07) is 2.09. The first-order chi connectivity index (χ1) is 5.55. The van der Waals surface area contributed by atoms with E-state index in [2.05, 4.69) is 6.07 Å². The lowest BCUT2D eigenvalue weighted by Gasteiger charge is -2.24. The molecular formula is C9H17NO2. The van der Waals surface area contributed by atoms with Gasteiger partial charge in [0.15, 0.2) is 0 Å². The first-order valence-corrected chi connectivity index (χ1v) is 4.12. The van der Waals surface area contributed by atoms with Gasteiger partial charge in [-0.2, -0.15) is 5.26 Å². The number of methoxy groups -OCH3 is 1. The van der Waals surface area contributed by atoms with Crippen LogP contribution in [0.1, 0.15) is 27.2 Å². The standard InChI is InChI=1S/C9H17NO2/c1-5-12-8(7-10)6-9(2,3)11-4/h8H,5-6H2,1-4H3. The molecule has 0 aromatic heterocycles. The van der Waals surface area contributed by atoms with Crippen molar-refractivity contribution in [2.45, 2.75) is 38.9 Å². The predicted molar refractivity (Wildman–Crippen MR) is 46.7 cm³/mol. The first-order valence-electron chi connectivity index (χ1n) is 4.12. The van der Waals surface area contributed by atoms with Crippen molar-refractivity contribution in [3.8, 4) is 6.07 Å². The van der Waals surface area contributed by atoms with Crippen LogP contribution in [0.25, 0.3) is 0 Å². The molecule has 12 heavy (non-hydrogen) atoms. The molecule has 1 unspecified atom stereocenters. The molecule has 0 aromatic carbocycles. The quantitative estimate of drug-likeness (QED) is 0.632. The highest BCUT2D eigenvalue weighted by Gasteiger charge is 2.22. The molecule has 70 valence electrons. The normalized spacial score (nSPS) is 13.9. The van der Waals surface area contributed by atoms with E-state index < -0.39 is 0 Å². The largest absolute Gasteiger partial charge is 0.379 e. The van der Waals surface area contributed by atoms with Gasteiger partial charge in [-0.3, -0.25) is 0 Å². The fourth-order valence-electron chi connectivity index (χ4n) is 0.873. The fourth-order valence-corrected chi connectivity index (χ4v) is 0.873. The summed E-state index contributed by atoms with van der Waals surface area (Å²) in [6.45, 7) is 6.33. The third-order valence-electron chi connectivity index (χ3n) is 1.74. The summed E-state index contributed by atoms with van der Waals surface area (Å²) in [5.41, 5.74) is -0.282. The first kappa shape index (κ1) is 11.4. The molecule has 0 heterocycles. The van der Waals surface area contributed by atoms with Gasteiger partial charge in [0, 0.05) is 20.1 Å². The number of nitrogens with zero attached hydrogens (tertiary/aromatic N) is 1. The zero-order valence-corrected chi connectivity index (χ0v) is 8.26. The van der Waals surface area contributed by atoms with Crippen LogP contribution in [0.3, 0.4) is 0 Å². The molecule has 0 aliphatic heterocycles. The molecule has 0 radical (unpaired) electrons. The van der Waals surface area contributed by atoms with Gasteiger partial charge in [-0.25, -0.2) is 0 Å². The van der Waals surface area contributed by atoms with Gasteiger partial charge in [0.1, 0.15) is 6.10 Å². The zero-order valence-electron chi connectivity index (χ0n) is 8.26. The van der Waals surface area contributed by atoms with Gasteiger partial charge in [0.25, 0.3) is 0 Å². The van der Waals surface area contributed by atoms with Crippen LogP contribution in [-0.4, -0.2) is 25.4 Å². The van der Waals surface area contributed by atoms with Crippen LogP contribution < -0.4 is 0 Å².